The Morgan fingerprint density at radius 2 is 1.38 bits per heavy atom. The molecule has 55 heavy (non-hydrogen) atoms. The second kappa shape index (κ2) is 14.2. The van der Waals surface area contributed by atoms with Crippen molar-refractivity contribution in [1.82, 2.24) is 0 Å². The van der Waals surface area contributed by atoms with Gasteiger partial charge in [0.1, 0.15) is 48.8 Å². The molecular formula is C42H68O13. The molecule has 0 aromatic heterocycles. The number of carbonyl (C=O) groups is 1. The number of aliphatic carboxylic acids is 1. The highest BCUT2D eigenvalue weighted by Gasteiger charge is 2.69. The van der Waals surface area contributed by atoms with Crippen LogP contribution in [-0.2, 0) is 19.0 Å². The van der Waals surface area contributed by atoms with Crippen LogP contribution in [0.3, 0.4) is 0 Å². The van der Waals surface area contributed by atoms with Crippen LogP contribution in [0.25, 0.3) is 0 Å². The van der Waals surface area contributed by atoms with E-state index < -0.39 is 91.2 Å². The number of hydrogen-bond donors (Lipinski definition) is 9. The summed E-state index contributed by atoms with van der Waals surface area (Å²) < 4.78 is 17.4. The van der Waals surface area contributed by atoms with Crippen LogP contribution in [-0.4, -0.2) is 132 Å². The van der Waals surface area contributed by atoms with Gasteiger partial charge in [-0.15, -0.1) is 0 Å². The van der Waals surface area contributed by atoms with Gasteiger partial charge >= 0.3 is 5.97 Å². The Kier molecular flexibility index (Phi) is 10.8. The van der Waals surface area contributed by atoms with Crippen molar-refractivity contribution in [2.75, 3.05) is 13.2 Å². The first-order valence-electron chi connectivity index (χ1n) is 20.8. The highest BCUT2D eigenvalue weighted by atomic mass is 16.7. The molecule has 5 aliphatic carbocycles. The maximum Gasteiger partial charge on any atom is 0.310 e. The molecule has 0 aromatic rings. The molecule has 6 fully saturated rings. The lowest BCUT2D eigenvalue weighted by atomic mass is 9.33. The summed E-state index contributed by atoms with van der Waals surface area (Å²) in [4.78, 5) is 13.4. The summed E-state index contributed by atoms with van der Waals surface area (Å²) in [6.07, 6.45) is -4.04. The number of allylic oxidation sites excluding steroid dienone is 2. The van der Waals surface area contributed by atoms with Crippen LogP contribution < -0.4 is 0 Å². The van der Waals surface area contributed by atoms with E-state index in [0.717, 1.165) is 38.5 Å². The van der Waals surface area contributed by atoms with Crippen LogP contribution >= 0.6 is 0 Å². The average molecular weight is 781 g/mol. The molecule has 9 N–H and O–H groups in total. The first-order chi connectivity index (χ1) is 25.6. The molecule has 0 unspecified atom stereocenters. The molecule has 19 atom stereocenters. The van der Waals surface area contributed by atoms with E-state index in [-0.39, 0.29) is 33.7 Å². The molecule has 4 saturated carbocycles. The van der Waals surface area contributed by atoms with E-state index in [1.165, 1.54) is 5.57 Å². The fraction of sp³-hybridized carbons (Fsp3) is 0.929. The van der Waals surface area contributed by atoms with Crippen molar-refractivity contribution < 1.29 is 65.0 Å². The van der Waals surface area contributed by atoms with Crippen molar-refractivity contribution in [3.63, 3.8) is 0 Å². The third-order valence-electron chi connectivity index (χ3n) is 17.7. The molecular weight excluding hydrogens is 712 g/mol. The first-order valence-corrected chi connectivity index (χ1v) is 20.8. The van der Waals surface area contributed by atoms with E-state index in [0.29, 0.717) is 43.9 Å². The maximum absolute atomic E-state index is 13.4. The monoisotopic (exact) mass is 780 g/mol. The number of hydrogen-bond acceptors (Lipinski definition) is 12. The van der Waals surface area contributed by atoms with Crippen molar-refractivity contribution in [2.45, 2.75) is 180 Å². The zero-order valence-electron chi connectivity index (χ0n) is 33.5. The van der Waals surface area contributed by atoms with Crippen LogP contribution in [0.4, 0.5) is 0 Å². The summed E-state index contributed by atoms with van der Waals surface area (Å²) in [5, 5.41) is 95.6. The Labute approximate surface area is 325 Å². The molecule has 0 radical (unpaired) electrons. The number of rotatable bonds is 7. The summed E-state index contributed by atoms with van der Waals surface area (Å²) >= 11 is 0. The van der Waals surface area contributed by atoms with Crippen LogP contribution in [0.5, 0.6) is 0 Å². The van der Waals surface area contributed by atoms with Crippen molar-refractivity contribution in [3.05, 3.63) is 11.6 Å². The molecule has 2 heterocycles. The van der Waals surface area contributed by atoms with Crippen molar-refractivity contribution in [2.24, 2.45) is 50.2 Å². The smallest absolute Gasteiger partial charge is 0.310 e. The van der Waals surface area contributed by atoms with Gasteiger partial charge < -0.3 is 60.2 Å². The van der Waals surface area contributed by atoms with E-state index in [1.807, 2.05) is 0 Å². The number of fused-ring (bicyclic) bond motifs is 7. The third kappa shape index (κ3) is 6.23. The van der Waals surface area contributed by atoms with Crippen LogP contribution in [0.15, 0.2) is 11.6 Å². The first kappa shape index (κ1) is 41.9. The largest absolute Gasteiger partial charge is 0.481 e. The van der Waals surface area contributed by atoms with E-state index >= 15 is 0 Å². The Balaban J connectivity index is 1.12. The lowest BCUT2D eigenvalue weighted by Crippen LogP contribution is -2.65. The molecule has 7 rings (SSSR count). The number of carboxylic acids is 1. The van der Waals surface area contributed by atoms with Crippen LogP contribution in [0.1, 0.15) is 112 Å². The molecule has 0 aromatic carbocycles. The standard InChI is InChI=1S/C42H68O13/c1-37(2)26-9-12-41(6)27(39(26,4)11-10-28(37)44)8-7-21-22-17-38(3,13-15-42(22,36(51)52)16-14-40(21,41)5)18-23-29(45)32(48)31(47)25(54-23)20-53-35-34(50)33(49)30(46)24(19-43)55-35/h7,22-35,43-50H,8-20H2,1-6H3,(H,51,52)/t22-,23-,24+,25+,26-,27+,28-,29-,30+,31+,32+,33-,34+,35+,38+,39-,40+,41+,42-/m0/s1. The second-order valence-corrected chi connectivity index (χ2v) is 20.6. The molecule has 7 aliphatic rings. The molecule has 13 heteroatoms. The third-order valence-corrected chi connectivity index (χ3v) is 17.7. The second-order valence-electron chi connectivity index (χ2n) is 20.6. The SMILES string of the molecule is CC1(C)[C@@H](O)CC[C@]2(C)[C@H]3CC=C4[C@@H]5C[C@](C)(C[C@@H]6O[C@H](CO[C@@H]7O[C@H](CO)[C@@H](O)[C@H](O)[C@H]7O)[C@@H](O)[C@H](O)[C@H]6O)CC[C@]5(C(=O)O)CC[C@@]4(C)[C@]3(C)CC[C@@H]12. The van der Waals surface area contributed by atoms with Crippen LogP contribution in [0.2, 0.25) is 0 Å². The lowest BCUT2D eigenvalue weighted by molar-refractivity contribution is -0.315. The normalized spacial score (nSPS) is 54.9. The fourth-order valence-electron chi connectivity index (χ4n) is 13.9. The highest BCUT2D eigenvalue weighted by Crippen LogP contribution is 2.76. The Morgan fingerprint density at radius 1 is 0.745 bits per heavy atom. The van der Waals surface area contributed by atoms with E-state index in [2.05, 4.69) is 47.6 Å². The summed E-state index contributed by atoms with van der Waals surface area (Å²) in [6.45, 7) is 12.9. The topological polar surface area (TPSA) is 227 Å². The molecule has 0 spiro atoms. The molecule has 314 valence electrons. The predicted octanol–water partition coefficient (Wildman–Crippen LogP) is 2.27. The Bertz CT molecular complexity index is 1490. The molecule has 2 aliphatic heterocycles. The molecule has 2 saturated heterocycles. The zero-order valence-corrected chi connectivity index (χ0v) is 33.5. The van der Waals surface area contributed by atoms with Gasteiger partial charge in [-0.2, -0.15) is 0 Å². The zero-order chi connectivity index (χ0) is 40.3. The maximum atomic E-state index is 13.4. The van der Waals surface area contributed by atoms with Gasteiger partial charge in [-0.25, -0.2) is 0 Å². The Morgan fingerprint density at radius 3 is 2.05 bits per heavy atom. The highest BCUT2D eigenvalue weighted by molar-refractivity contribution is 5.76. The quantitative estimate of drug-likeness (QED) is 0.169. The fourth-order valence-corrected chi connectivity index (χ4v) is 13.9. The lowest BCUT2D eigenvalue weighted by Gasteiger charge is -2.71. The minimum Gasteiger partial charge on any atom is -0.481 e. The number of aliphatic hydroxyl groups excluding tert-OH is 8. The molecule has 0 bridgehead atoms. The summed E-state index contributed by atoms with van der Waals surface area (Å²) in [5.41, 5.74) is -0.493. The van der Waals surface area contributed by atoms with Gasteiger partial charge in [0.2, 0.25) is 0 Å². The summed E-state index contributed by atoms with van der Waals surface area (Å²) in [5.74, 6) is -0.168. The van der Waals surface area contributed by atoms with E-state index in [1.54, 1.807) is 0 Å². The number of aliphatic hydroxyl groups is 8. The minimum atomic E-state index is -1.66. The van der Waals surface area contributed by atoms with Crippen LogP contribution in [0, 0.1) is 50.2 Å². The summed E-state index contributed by atoms with van der Waals surface area (Å²) in [6, 6.07) is 0. The van der Waals surface area contributed by atoms with Crippen molar-refractivity contribution in [3.8, 4) is 0 Å². The van der Waals surface area contributed by atoms with Crippen molar-refractivity contribution in [1.29, 1.82) is 0 Å². The van der Waals surface area contributed by atoms with Crippen molar-refractivity contribution >= 4 is 5.97 Å². The van der Waals surface area contributed by atoms with Gasteiger partial charge in [0.15, 0.2) is 6.29 Å². The van der Waals surface area contributed by atoms with Gasteiger partial charge in [0.25, 0.3) is 0 Å². The number of ether oxygens (including phenoxy) is 3. The molecule has 0 amide bonds. The van der Waals surface area contributed by atoms with E-state index in [9.17, 15) is 50.8 Å². The van der Waals surface area contributed by atoms with Gasteiger partial charge in [-0.05, 0) is 115 Å². The van der Waals surface area contributed by atoms with Gasteiger partial charge in [-0.3, -0.25) is 4.79 Å². The number of carboxylic acid groups (broad SMARTS) is 1. The molecule has 13 nitrogen and oxygen atoms in total. The summed E-state index contributed by atoms with van der Waals surface area (Å²) in [7, 11) is 0. The van der Waals surface area contributed by atoms with Gasteiger partial charge in [0, 0.05) is 0 Å². The van der Waals surface area contributed by atoms with Gasteiger partial charge in [0.05, 0.1) is 30.8 Å². The Hall–Kier alpha value is -1.23. The minimum absolute atomic E-state index is 0.0453. The van der Waals surface area contributed by atoms with E-state index in [4.69, 9.17) is 14.2 Å². The predicted molar refractivity (Wildman–Crippen MR) is 198 cm³/mol. The average Bonchev–Trinajstić information content (AvgIpc) is 3.13. The van der Waals surface area contributed by atoms with Gasteiger partial charge in [-0.1, -0.05) is 53.2 Å².